The van der Waals surface area contributed by atoms with Gasteiger partial charge in [0.05, 0.1) is 0 Å². The SMILES string of the molecule is Cc1cc(C)c2c(c1)C(S)CCN2. The average molecular weight is 193 g/mol. The number of fused-ring (bicyclic) bond motifs is 1. The van der Waals surface area contributed by atoms with Gasteiger partial charge in [-0.3, -0.25) is 0 Å². The van der Waals surface area contributed by atoms with Crippen LogP contribution in [0.4, 0.5) is 5.69 Å². The Kier molecular flexibility index (Phi) is 2.24. The summed E-state index contributed by atoms with van der Waals surface area (Å²) in [5, 5.41) is 3.85. The summed E-state index contributed by atoms with van der Waals surface area (Å²) >= 11 is 4.60. The zero-order valence-corrected chi connectivity index (χ0v) is 8.99. The number of nitrogens with one attached hydrogen (secondary N) is 1. The van der Waals surface area contributed by atoms with E-state index in [0.717, 1.165) is 13.0 Å². The van der Waals surface area contributed by atoms with Gasteiger partial charge in [0.25, 0.3) is 0 Å². The second-order valence-electron chi connectivity index (χ2n) is 3.78. The van der Waals surface area contributed by atoms with Gasteiger partial charge in [0.15, 0.2) is 0 Å². The first kappa shape index (κ1) is 8.95. The lowest BCUT2D eigenvalue weighted by Crippen LogP contribution is -2.15. The van der Waals surface area contributed by atoms with Crippen molar-refractivity contribution in [3.05, 3.63) is 28.8 Å². The maximum Gasteiger partial charge on any atom is 0.0413 e. The van der Waals surface area contributed by atoms with Gasteiger partial charge < -0.3 is 5.32 Å². The van der Waals surface area contributed by atoms with Crippen molar-refractivity contribution in [2.24, 2.45) is 0 Å². The predicted molar refractivity (Wildman–Crippen MR) is 60.7 cm³/mol. The summed E-state index contributed by atoms with van der Waals surface area (Å²) in [6.45, 7) is 5.35. The molecule has 0 radical (unpaired) electrons. The summed E-state index contributed by atoms with van der Waals surface area (Å²) in [4.78, 5) is 0. The van der Waals surface area contributed by atoms with Crippen LogP contribution >= 0.6 is 12.6 Å². The van der Waals surface area contributed by atoms with Crippen LogP contribution in [0.3, 0.4) is 0 Å². The average Bonchev–Trinajstić information content (AvgIpc) is 2.07. The van der Waals surface area contributed by atoms with Crippen LogP contribution in [0.25, 0.3) is 0 Å². The molecule has 1 aliphatic heterocycles. The van der Waals surface area contributed by atoms with Gasteiger partial charge in [-0.2, -0.15) is 12.6 Å². The van der Waals surface area contributed by atoms with Crippen LogP contribution in [0.5, 0.6) is 0 Å². The highest BCUT2D eigenvalue weighted by molar-refractivity contribution is 7.80. The molecule has 1 aromatic rings. The molecule has 2 rings (SSSR count). The molecule has 1 N–H and O–H groups in total. The summed E-state index contributed by atoms with van der Waals surface area (Å²) in [5.41, 5.74) is 5.34. The third-order valence-electron chi connectivity index (χ3n) is 2.59. The van der Waals surface area contributed by atoms with Crippen LogP contribution in [0.2, 0.25) is 0 Å². The molecule has 1 heterocycles. The first-order valence-electron chi connectivity index (χ1n) is 4.71. The summed E-state index contributed by atoms with van der Waals surface area (Å²) in [6, 6.07) is 4.46. The van der Waals surface area contributed by atoms with Gasteiger partial charge in [-0.15, -0.1) is 0 Å². The van der Waals surface area contributed by atoms with E-state index in [-0.39, 0.29) is 0 Å². The van der Waals surface area contributed by atoms with E-state index in [2.05, 4.69) is 43.9 Å². The maximum absolute atomic E-state index is 4.60. The fourth-order valence-corrected chi connectivity index (χ4v) is 2.33. The fourth-order valence-electron chi connectivity index (χ4n) is 1.99. The maximum atomic E-state index is 4.60. The van der Waals surface area contributed by atoms with Crippen LogP contribution in [0.15, 0.2) is 12.1 Å². The van der Waals surface area contributed by atoms with Gasteiger partial charge in [0.2, 0.25) is 0 Å². The number of aryl methyl sites for hydroxylation is 2. The minimum Gasteiger partial charge on any atom is -0.385 e. The first-order chi connectivity index (χ1) is 6.18. The highest BCUT2D eigenvalue weighted by atomic mass is 32.1. The zero-order valence-electron chi connectivity index (χ0n) is 8.09. The molecule has 0 bridgehead atoms. The molecule has 0 spiro atoms. The Balaban J connectivity index is 2.56. The molecular weight excluding hydrogens is 178 g/mol. The third-order valence-corrected chi connectivity index (χ3v) is 3.13. The quantitative estimate of drug-likeness (QED) is 0.603. The van der Waals surface area contributed by atoms with E-state index in [1.807, 2.05) is 0 Å². The Morgan fingerprint density at radius 2 is 2.15 bits per heavy atom. The van der Waals surface area contributed by atoms with Crippen LogP contribution in [0, 0.1) is 13.8 Å². The Bertz CT molecular complexity index is 333. The van der Waals surface area contributed by atoms with Gasteiger partial charge >= 0.3 is 0 Å². The van der Waals surface area contributed by atoms with Crippen LogP contribution in [0.1, 0.15) is 28.4 Å². The molecule has 1 aromatic carbocycles. The smallest absolute Gasteiger partial charge is 0.0413 e. The Hall–Kier alpha value is -0.630. The molecule has 0 amide bonds. The second-order valence-corrected chi connectivity index (χ2v) is 4.40. The van der Waals surface area contributed by atoms with E-state index >= 15 is 0 Å². The summed E-state index contributed by atoms with van der Waals surface area (Å²) in [5.74, 6) is 0. The summed E-state index contributed by atoms with van der Waals surface area (Å²) in [6.07, 6.45) is 1.12. The molecule has 0 aromatic heterocycles. The Morgan fingerprint density at radius 3 is 2.92 bits per heavy atom. The van der Waals surface area contributed by atoms with Gasteiger partial charge in [-0.25, -0.2) is 0 Å². The highest BCUT2D eigenvalue weighted by Gasteiger charge is 2.18. The van der Waals surface area contributed by atoms with Crippen molar-refractivity contribution >= 4 is 18.3 Å². The second kappa shape index (κ2) is 3.26. The fraction of sp³-hybridized carbons (Fsp3) is 0.455. The lowest BCUT2D eigenvalue weighted by molar-refractivity contribution is 0.812. The van der Waals surface area contributed by atoms with E-state index in [0.29, 0.717) is 5.25 Å². The first-order valence-corrected chi connectivity index (χ1v) is 5.23. The molecule has 13 heavy (non-hydrogen) atoms. The van der Waals surface area contributed by atoms with Crippen LogP contribution < -0.4 is 5.32 Å². The van der Waals surface area contributed by atoms with Crippen molar-refractivity contribution < 1.29 is 0 Å². The van der Waals surface area contributed by atoms with Crippen molar-refractivity contribution in [2.45, 2.75) is 25.5 Å². The topological polar surface area (TPSA) is 12.0 Å². The monoisotopic (exact) mass is 193 g/mol. The van der Waals surface area contributed by atoms with Crippen molar-refractivity contribution in [3.63, 3.8) is 0 Å². The van der Waals surface area contributed by atoms with E-state index in [4.69, 9.17) is 0 Å². The number of thiol groups is 1. The van der Waals surface area contributed by atoms with E-state index in [9.17, 15) is 0 Å². The van der Waals surface area contributed by atoms with E-state index in [1.165, 1.54) is 22.4 Å². The third kappa shape index (κ3) is 1.55. The summed E-state index contributed by atoms with van der Waals surface area (Å²) < 4.78 is 0. The molecule has 0 fully saturated rings. The van der Waals surface area contributed by atoms with Crippen molar-refractivity contribution in [1.29, 1.82) is 0 Å². The standard InChI is InChI=1S/C11H15NS/c1-7-5-8(2)11-9(6-7)10(13)3-4-12-11/h5-6,10,12-13H,3-4H2,1-2H3. The van der Waals surface area contributed by atoms with E-state index in [1.54, 1.807) is 0 Å². The molecule has 70 valence electrons. The molecule has 0 saturated heterocycles. The van der Waals surface area contributed by atoms with Crippen molar-refractivity contribution in [3.8, 4) is 0 Å². The molecular formula is C11H15NS. The number of rotatable bonds is 0. The summed E-state index contributed by atoms with van der Waals surface area (Å²) in [7, 11) is 0. The van der Waals surface area contributed by atoms with Gasteiger partial charge in [-0.1, -0.05) is 17.7 Å². The molecule has 0 aliphatic carbocycles. The zero-order chi connectivity index (χ0) is 9.42. The molecule has 1 nitrogen and oxygen atoms in total. The molecule has 2 heteroatoms. The molecule has 1 unspecified atom stereocenters. The Morgan fingerprint density at radius 1 is 1.38 bits per heavy atom. The minimum absolute atomic E-state index is 0.412. The van der Waals surface area contributed by atoms with Crippen molar-refractivity contribution in [2.75, 3.05) is 11.9 Å². The number of benzene rings is 1. The van der Waals surface area contributed by atoms with Crippen LogP contribution in [-0.2, 0) is 0 Å². The number of anilines is 1. The van der Waals surface area contributed by atoms with Gasteiger partial charge in [-0.05, 0) is 31.4 Å². The van der Waals surface area contributed by atoms with Crippen LogP contribution in [-0.4, -0.2) is 6.54 Å². The Labute approximate surface area is 85.0 Å². The lowest BCUT2D eigenvalue weighted by Gasteiger charge is -2.25. The van der Waals surface area contributed by atoms with E-state index < -0.39 is 0 Å². The minimum atomic E-state index is 0.412. The molecule has 1 atom stereocenters. The lowest BCUT2D eigenvalue weighted by atomic mass is 9.97. The molecule has 0 saturated carbocycles. The highest BCUT2D eigenvalue weighted by Crippen LogP contribution is 2.36. The molecule has 1 aliphatic rings. The number of hydrogen-bond acceptors (Lipinski definition) is 2. The normalized spacial score (nSPS) is 20.7. The van der Waals surface area contributed by atoms with Gasteiger partial charge in [0, 0.05) is 17.5 Å². The van der Waals surface area contributed by atoms with Gasteiger partial charge in [0.1, 0.15) is 0 Å². The van der Waals surface area contributed by atoms with Crippen molar-refractivity contribution in [1.82, 2.24) is 0 Å². The largest absolute Gasteiger partial charge is 0.385 e. The predicted octanol–water partition coefficient (Wildman–Crippen LogP) is 3.09. The number of hydrogen-bond donors (Lipinski definition) is 2.